The van der Waals surface area contributed by atoms with Crippen LogP contribution in [0.2, 0.25) is 0 Å². The topological polar surface area (TPSA) is 279 Å². The third kappa shape index (κ3) is 10.7. The van der Waals surface area contributed by atoms with E-state index >= 15 is 0 Å². The van der Waals surface area contributed by atoms with Crippen LogP contribution in [0.4, 0.5) is 0 Å². The first-order valence-electron chi connectivity index (χ1n) is 17.0. The molecule has 4 aliphatic carbocycles. The molecule has 286 valence electrons. The van der Waals surface area contributed by atoms with Crippen LogP contribution in [0.25, 0.3) is 0 Å². The third-order valence-electron chi connectivity index (χ3n) is 12.1. The first-order chi connectivity index (χ1) is 23.8. The Morgan fingerprint density at radius 3 is 1.76 bits per heavy atom. The maximum absolute atomic E-state index is 13.1. The van der Waals surface area contributed by atoms with Gasteiger partial charge in [-0.15, -0.1) is 0 Å². The Hall–Kier alpha value is 2.08. The summed E-state index contributed by atoms with van der Waals surface area (Å²) in [7, 11) is -9.92. The van der Waals surface area contributed by atoms with Gasteiger partial charge < -0.3 is 39.7 Å². The fourth-order valence-electron chi connectivity index (χ4n) is 9.45. The number of hydrogen-bond donors (Lipinski definition) is 6. The number of Topliss-reactive ketones (excluding diaryl/α,β-unsaturated/α-hetero) is 2. The zero-order valence-corrected chi connectivity index (χ0v) is 41.8. The molecule has 2 heterocycles. The zero-order valence-electron chi connectivity index (χ0n) is 32.0. The molecule has 6 N–H and O–H groups in total. The number of carbonyl (C=O) groups is 4. The molecule has 0 radical (unpaired) electrons. The smallest absolute Gasteiger partial charge is 0.449 e. The number of aliphatic hydroxyl groups excluding tert-OH is 4. The number of phosphoric ester groups is 2. The predicted molar refractivity (Wildman–Crippen MR) is 167 cm³/mol. The summed E-state index contributed by atoms with van der Waals surface area (Å²) in [4.78, 5) is 70.5. The normalized spacial score (nSPS) is 39.7. The molecule has 55 heavy (non-hydrogen) atoms. The molecule has 0 aromatic rings. The van der Waals surface area contributed by atoms with Crippen LogP contribution in [0.1, 0.15) is 65.2 Å². The van der Waals surface area contributed by atoms with Gasteiger partial charge in [0, 0.05) is 0 Å². The second kappa shape index (κ2) is 20.5. The molecule has 0 spiro atoms. The molecule has 6 aliphatic rings. The van der Waals surface area contributed by atoms with Crippen LogP contribution in [-0.4, -0.2) is 116 Å². The fourth-order valence-corrected chi connectivity index (χ4v) is 11.7. The average Bonchev–Trinajstić information content (AvgIpc) is 3.65. The Balaban J connectivity index is 0.00000261. The Morgan fingerprint density at radius 1 is 0.745 bits per heavy atom. The Bertz CT molecular complexity index is 1590. The number of phosphoric acid groups is 2. The minimum atomic E-state index is -4.97. The maximum Gasteiger partial charge on any atom is 1.00 e. The van der Waals surface area contributed by atoms with Gasteiger partial charge in [0.1, 0.15) is 12.2 Å². The summed E-state index contributed by atoms with van der Waals surface area (Å²) >= 11 is 0. The second-order valence-corrected chi connectivity index (χ2v) is 17.6. The van der Waals surface area contributed by atoms with E-state index in [0.29, 0.717) is 44.9 Å². The standard InChI is InChI=1S/C31H44O18P2.4Na/c1-30-9-7-15(46-50(40,41)48-26-22(36)24(19(34)12-32)44-28(26)38)11-14(30)3-4-16-17-5-6-21(31(17,2)10-8-18(16)30)47-51(42,43)49-27-23(37)25(20(35)13-33)45-29(27)39;;;;/h3,15-21,24-27,32-35H,4-13H2,1-2H3,(H,40,41)(H,42,43);;;;/q;4*+1/t15-,16?,17?,18?,19?,20?,21-,24?,25?,26?,27?,30-,31-;;;;/m0..../s1. The Morgan fingerprint density at radius 2 is 1.25 bits per heavy atom. The van der Waals surface area contributed by atoms with E-state index < -0.39 is 107 Å². The van der Waals surface area contributed by atoms with Crippen molar-refractivity contribution in [3.8, 4) is 0 Å². The van der Waals surface area contributed by atoms with E-state index in [4.69, 9.17) is 37.8 Å². The average molecular weight is 859 g/mol. The van der Waals surface area contributed by atoms with Crippen LogP contribution in [0.15, 0.2) is 11.6 Å². The quantitative estimate of drug-likeness (QED) is 0.0350. The van der Waals surface area contributed by atoms with Crippen LogP contribution in [0.5, 0.6) is 0 Å². The summed E-state index contributed by atoms with van der Waals surface area (Å²) in [6, 6.07) is 0. The van der Waals surface area contributed by atoms with E-state index in [9.17, 15) is 48.3 Å². The summed E-state index contributed by atoms with van der Waals surface area (Å²) in [6.45, 7) is 2.40. The van der Waals surface area contributed by atoms with Crippen molar-refractivity contribution in [3.63, 3.8) is 0 Å². The first kappa shape index (κ1) is 53.2. The fraction of sp³-hybridized carbons (Fsp3) is 0.806. The molecule has 11 unspecified atom stereocenters. The number of allylic oxidation sites excluding steroid dienone is 1. The minimum Gasteiger partial charge on any atom is -0.449 e. The van der Waals surface area contributed by atoms with Crippen molar-refractivity contribution in [2.45, 2.75) is 114 Å². The van der Waals surface area contributed by atoms with Gasteiger partial charge in [0.25, 0.3) is 0 Å². The number of cyclic esters (lactones) is 2. The molecule has 3 saturated carbocycles. The third-order valence-corrected chi connectivity index (χ3v) is 14.1. The van der Waals surface area contributed by atoms with Gasteiger partial charge in [-0.3, -0.25) is 27.7 Å². The van der Waals surface area contributed by atoms with Gasteiger partial charge in [-0.2, -0.15) is 0 Å². The molecule has 6 rings (SSSR count). The summed E-state index contributed by atoms with van der Waals surface area (Å²) in [5, 5.41) is 37.7. The summed E-state index contributed by atoms with van der Waals surface area (Å²) in [5.74, 6) is -4.24. The monoisotopic (exact) mass is 858 g/mol. The molecule has 15 atom stereocenters. The number of ketones is 2. The summed E-state index contributed by atoms with van der Waals surface area (Å²) in [5.41, 5.74) is 0.228. The van der Waals surface area contributed by atoms with Crippen molar-refractivity contribution in [1.29, 1.82) is 0 Å². The Labute approximate surface area is 406 Å². The number of aliphatic hydroxyl groups is 4. The number of rotatable bonds is 12. The van der Waals surface area contributed by atoms with Crippen molar-refractivity contribution in [1.82, 2.24) is 0 Å². The van der Waals surface area contributed by atoms with Gasteiger partial charge >= 0.3 is 146 Å². The molecule has 2 aliphatic heterocycles. The van der Waals surface area contributed by atoms with Crippen molar-refractivity contribution in [3.05, 3.63) is 11.6 Å². The molecule has 24 heteroatoms. The molecular formula is C31H44Na4O18P2+4. The second-order valence-electron chi connectivity index (χ2n) is 14.9. The van der Waals surface area contributed by atoms with Crippen molar-refractivity contribution in [2.24, 2.45) is 28.6 Å². The van der Waals surface area contributed by atoms with E-state index in [2.05, 4.69) is 13.0 Å². The van der Waals surface area contributed by atoms with E-state index in [0.717, 1.165) is 12.0 Å². The maximum atomic E-state index is 13.1. The van der Waals surface area contributed by atoms with Crippen LogP contribution in [0.3, 0.4) is 0 Å². The van der Waals surface area contributed by atoms with Gasteiger partial charge in [0.2, 0.25) is 23.8 Å². The van der Waals surface area contributed by atoms with E-state index in [1.54, 1.807) is 0 Å². The number of ether oxygens (including phenoxy) is 2. The molecule has 0 aromatic heterocycles. The molecule has 2 saturated heterocycles. The molecule has 0 aromatic carbocycles. The van der Waals surface area contributed by atoms with Gasteiger partial charge in [0.15, 0.2) is 12.2 Å². The first-order valence-corrected chi connectivity index (χ1v) is 20.0. The summed E-state index contributed by atoms with van der Waals surface area (Å²) < 4.78 is 56.5. The predicted octanol–water partition coefficient (Wildman–Crippen LogP) is -11.6. The van der Waals surface area contributed by atoms with Crippen LogP contribution in [-0.2, 0) is 55.9 Å². The number of hydrogen-bond acceptors (Lipinski definition) is 16. The van der Waals surface area contributed by atoms with E-state index in [-0.39, 0.29) is 141 Å². The van der Waals surface area contributed by atoms with E-state index in [1.807, 2.05) is 6.92 Å². The largest absolute Gasteiger partial charge is 1.00 e. The molecule has 0 amide bonds. The van der Waals surface area contributed by atoms with Crippen molar-refractivity contribution < 1.29 is 204 Å². The van der Waals surface area contributed by atoms with Gasteiger partial charge in [-0.25, -0.2) is 18.7 Å². The Kier molecular flexibility index (Phi) is 19.8. The number of carbonyl (C=O) groups excluding carboxylic acids is 4. The van der Waals surface area contributed by atoms with Crippen LogP contribution >= 0.6 is 15.6 Å². The summed E-state index contributed by atoms with van der Waals surface area (Å²) in [6.07, 6.45) is -5.98. The van der Waals surface area contributed by atoms with Gasteiger partial charge in [0.05, 0.1) is 25.4 Å². The molecule has 0 bridgehead atoms. The van der Waals surface area contributed by atoms with Gasteiger partial charge in [-0.05, 0) is 80.0 Å². The SMILES string of the molecule is C[C@]12CC[C@H](OP(=O)(O)OC3C(=O)OC(C(O)CO)C3=O)CC1=CCC1C2CC[C@@]2(C)C1CC[C@@H]2OP(=O)(O)OC1C(=O)OC(C(O)CO)C1=O.[Na+].[Na+].[Na+].[Na+]. The number of fused-ring (bicyclic) bond motifs is 5. The number of esters is 2. The van der Waals surface area contributed by atoms with Crippen molar-refractivity contribution >= 4 is 39.2 Å². The van der Waals surface area contributed by atoms with Crippen LogP contribution < -0.4 is 118 Å². The minimum absolute atomic E-state index is 0. The van der Waals surface area contributed by atoms with Crippen LogP contribution in [0, 0.1) is 28.6 Å². The van der Waals surface area contributed by atoms with Crippen molar-refractivity contribution in [2.75, 3.05) is 13.2 Å². The molecular weight excluding hydrogens is 814 g/mol. The zero-order chi connectivity index (χ0) is 37.3. The molecule has 18 nitrogen and oxygen atoms in total. The van der Waals surface area contributed by atoms with Gasteiger partial charge in [-0.1, -0.05) is 25.5 Å². The van der Waals surface area contributed by atoms with E-state index in [1.165, 1.54) is 0 Å². The molecule has 5 fully saturated rings.